The second-order valence-corrected chi connectivity index (χ2v) is 5.05. The van der Waals surface area contributed by atoms with E-state index >= 15 is 0 Å². The van der Waals surface area contributed by atoms with Gasteiger partial charge in [0.2, 0.25) is 5.91 Å². The summed E-state index contributed by atoms with van der Waals surface area (Å²) in [6.45, 7) is 2.25. The molecule has 1 rings (SSSR count). The van der Waals surface area contributed by atoms with Crippen LogP contribution >= 0.6 is 0 Å². The Morgan fingerprint density at radius 2 is 1.86 bits per heavy atom. The van der Waals surface area contributed by atoms with Gasteiger partial charge < -0.3 is 10.4 Å². The maximum Gasteiger partial charge on any atom is 0.303 e. The average molecular weight is 299 g/mol. The molecule has 1 unspecified atom stereocenters. The molecule has 1 aromatic carbocycles. The van der Waals surface area contributed by atoms with Crippen molar-refractivity contribution in [2.24, 2.45) is 5.92 Å². The van der Waals surface area contributed by atoms with Crippen LogP contribution in [0.15, 0.2) is 18.2 Å². The number of carboxylic acids is 1. The maximum atomic E-state index is 13.4. The molecule has 0 saturated heterocycles. The van der Waals surface area contributed by atoms with Crippen LogP contribution < -0.4 is 5.32 Å². The molecule has 0 saturated carbocycles. The Bertz CT molecular complexity index is 485. The van der Waals surface area contributed by atoms with E-state index in [1.165, 1.54) is 6.07 Å². The summed E-state index contributed by atoms with van der Waals surface area (Å²) in [5.74, 6) is -2.61. The molecule has 21 heavy (non-hydrogen) atoms. The Labute approximate surface area is 122 Å². The number of halogens is 2. The van der Waals surface area contributed by atoms with Crippen LogP contribution in [0.1, 0.15) is 31.7 Å². The summed E-state index contributed by atoms with van der Waals surface area (Å²) in [5, 5.41) is 11.1. The third-order valence-electron chi connectivity index (χ3n) is 3.21. The smallest absolute Gasteiger partial charge is 0.303 e. The number of amides is 1. The molecule has 0 spiro atoms. The van der Waals surface area contributed by atoms with E-state index in [1.807, 2.05) is 6.92 Å². The van der Waals surface area contributed by atoms with Crippen LogP contribution in [0.4, 0.5) is 8.78 Å². The molecule has 0 aliphatic rings. The standard InChI is InChI=1S/C15H19F2NO3/c1-10(5-6-15(20)21)7-8-18-14(19)9-11-12(16)3-2-4-13(11)17/h2-4,10H,5-9H2,1H3,(H,18,19)(H,20,21). The minimum Gasteiger partial charge on any atom is -0.481 e. The van der Waals surface area contributed by atoms with Crippen molar-refractivity contribution in [2.75, 3.05) is 6.54 Å². The summed E-state index contributed by atoms with van der Waals surface area (Å²) in [6, 6.07) is 3.47. The van der Waals surface area contributed by atoms with Crippen molar-refractivity contribution < 1.29 is 23.5 Å². The van der Waals surface area contributed by atoms with Gasteiger partial charge in [0.15, 0.2) is 0 Å². The van der Waals surface area contributed by atoms with Gasteiger partial charge >= 0.3 is 5.97 Å². The number of aliphatic carboxylic acids is 1. The lowest BCUT2D eigenvalue weighted by Crippen LogP contribution is -2.27. The summed E-state index contributed by atoms with van der Waals surface area (Å²) in [6.07, 6.45) is 0.906. The summed E-state index contributed by atoms with van der Waals surface area (Å²) in [7, 11) is 0. The first-order valence-corrected chi connectivity index (χ1v) is 6.81. The summed E-state index contributed by atoms with van der Waals surface area (Å²) < 4.78 is 26.7. The first-order valence-electron chi connectivity index (χ1n) is 6.81. The predicted octanol–water partition coefficient (Wildman–Crippen LogP) is 2.51. The van der Waals surface area contributed by atoms with Gasteiger partial charge in [-0.25, -0.2) is 8.78 Å². The minimum atomic E-state index is -0.846. The van der Waals surface area contributed by atoms with Gasteiger partial charge in [-0.05, 0) is 30.9 Å². The summed E-state index contributed by atoms with van der Waals surface area (Å²) in [5.41, 5.74) is -0.242. The number of rotatable bonds is 8. The van der Waals surface area contributed by atoms with E-state index in [1.54, 1.807) is 0 Å². The van der Waals surface area contributed by atoms with Gasteiger partial charge in [0, 0.05) is 18.5 Å². The fourth-order valence-corrected chi connectivity index (χ4v) is 1.90. The van der Waals surface area contributed by atoms with Crippen molar-refractivity contribution in [3.63, 3.8) is 0 Å². The number of carbonyl (C=O) groups is 2. The van der Waals surface area contributed by atoms with E-state index < -0.39 is 23.5 Å². The van der Waals surface area contributed by atoms with Crippen molar-refractivity contribution in [1.29, 1.82) is 0 Å². The van der Waals surface area contributed by atoms with E-state index in [4.69, 9.17) is 5.11 Å². The molecule has 1 amide bonds. The van der Waals surface area contributed by atoms with Gasteiger partial charge in [0.05, 0.1) is 6.42 Å². The minimum absolute atomic E-state index is 0.0928. The fraction of sp³-hybridized carbons (Fsp3) is 0.467. The topological polar surface area (TPSA) is 66.4 Å². The molecule has 6 heteroatoms. The van der Waals surface area contributed by atoms with Crippen molar-refractivity contribution in [1.82, 2.24) is 5.32 Å². The molecule has 1 aromatic rings. The Balaban J connectivity index is 2.33. The van der Waals surface area contributed by atoms with Crippen molar-refractivity contribution in [3.05, 3.63) is 35.4 Å². The highest BCUT2D eigenvalue weighted by atomic mass is 19.1. The fourth-order valence-electron chi connectivity index (χ4n) is 1.90. The largest absolute Gasteiger partial charge is 0.481 e. The van der Waals surface area contributed by atoms with Gasteiger partial charge in [0.1, 0.15) is 11.6 Å². The van der Waals surface area contributed by atoms with Gasteiger partial charge in [-0.1, -0.05) is 13.0 Å². The molecule has 0 heterocycles. The van der Waals surface area contributed by atoms with E-state index in [0.29, 0.717) is 19.4 Å². The molecule has 0 radical (unpaired) electrons. The normalized spacial score (nSPS) is 12.0. The van der Waals surface area contributed by atoms with Gasteiger partial charge in [0.25, 0.3) is 0 Å². The second-order valence-electron chi connectivity index (χ2n) is 5.05. The molecule has 0 bridgehead atoms. The van der Waals surface area contributed by atoms with E-state index in [9.17, 15) is 18.4 Å². The third-order valence-corrected chi connectivity index (χ3v) is 3.21. The lowest BCUT2D eigenvalue weighted by molar-refractivity contribution is -0.137. The SMILES string of the molecule is CC(CCNC(=O)Cc1c(F)cccc1F)CCC(=O)O. The molecular weight excluding hydrogens is 280 g/mol. The van der Waals surface area contributed by atoms with Crippen LogP contribution in [0.2, 0.25) is 0 Å². The predicted molar refractivity (Wildman–Crippen MR) is 73.7 cm³/mol. The molecule has 0 aliphatic carbocycles. The van der Waals surface area contributed by atoms with Crippen molar-refractivity contribution in [2.45, 2.75) is 32.6 Å². The number of nitrogens with one attached hydrogen (secondary N) is 1. The second kappa shape index (κ2) is 8.34. The molecule has 4 nitrogen and oxygen atoms in total. The molecule has 2 N–H and O–H groups in total. The first-order chi connectivity index (χ1) is 9.90. The molecule has 0 aromatic heterocycles. The van der Waals surface area contributed by atoms with Gasteiger partial charge in [-0.2, -0.15) is 0 Å². The van der Waals surface area contributed by atoms with Crippen LogP contribution in [-0.4, -0.2) is 23.5 Å². The summed E-state index contributed by atoms with van der Waals surface area (Å²) >= 11 is 0. The Hall–Kier alpha value is -1.98. The van der Waals surface area contributed by atoms with E-state index in [-0.39, 0.29) is 24.3 Å². The number of carboxylic acid groups (broad SMARTS) is 1. The Morgan fingerprint density at radius 1 is 1.24 bits per heavy atom. The van der Waals surface area contributed by atoms with Crippen molar-refractivity contribution >= 4 is 11.9 Å². The molecular formula is C15H19F2NO3. The van der Waals surface area contributed by atoms with Crippen LogP contribution in [0, 0.1) is 17.6 Å². The summed E-state index contributed by atoms with van der Waals surface area (Å²) in [4.78, 5) is 22.0. The zero-order chi connectivity index (χ0) is 15.8. The zero-order valence-electron chi connectivity index (χ0n) is 11.9. The number of hydrogen-bond acceptors (Lipinski definition) is 2. The van der Waals surface area contributed by atoms with Crippen LogP contribution in [0.25, 0.3) is 0 Å². The Kier molecular flexibility index (Phi) is 6.78. The lowest BCUT2D eigenvalue weighted by Gasteiger charge is -2.11. The highest BCUT2D eigenvalue weighted by Gasteiger charge is 2.13. The Morgan fingerprint density at radius 3 is 2.43 bits per heavy atom. The van der Waals surface area contributed by atoms with Gasteiger partial charge in [-0.15, -0.1) is 0 Å². The molecule has 1 atom stereocenters. The number of carbonyl (C=O) groups excluding carboxylic acids is 1. The van der Waals surface area contributed by atoms with Crippen LogP contribution in [0.3, 0.4) is 0 Å². The lowest BCUT2D eigenvalue weighted by atomic mass is 10.0. The van der Waals surface area contributed by atoms with Gasteiger partial charge in [-0.3, -0.25) is 9.59 Å². The zero-order valence-corrected chi connectivity index (χ0v) is 11.9. The first kappa shape index (κ1) is 17.1. The van der Waals surface area contributed by atoms with Crippen LogP contribution in [-0.2, 0) is 16.0 Å². The molecule has 0 fully saturated rings. The van der Waals surface area contributed by atoms with Crippen molar-refractivity contribution in [3.8, 4) is 0 Å². The average Bonchev–Trinajstić information content (AvgIpc) is 2.41. The quantitative estimate of drug-likeness (QED) is 0.775. The molecule has 116 valence electrons. The molecule has 0 aliphatic heterocycles. The monoisotopic (exact) mass is 299 g/mol. The third kappa shape index (κ3) is 6.33. The highest BCUT2D eigenvalue weighted by molar-refractivity contribution is 5.78. The number of hydrogen-bond donors (Lipinski definition) is 2. The van der Waals surface area contributed by atoms with Crippen LogP contribution in [0.5, 0.6) is 0 Å². The van der Waals surface area contributed by atoms with E-state index in [2.05, 4.69) is 5.32 Å². The van der Waals surface area contributed by atoms with E-state index in [0.717, 1.165) is 12.1 Å². The highest BCUT2D eigenvalue weighted by Crippen LogP contribution is 2.13. The number of benzene rings is 1. The maximum absolute atomic E-state index is 13.4.